The lowest BCUT2D eigenvalue weighted by Crippen LogP contribution is -2.51. The summed E-state index contributed by atoms with van der Waals surface area (Å²) in [7, 11) is 0. The molecule has 23 heavy (non-hydrogen) atoms. The van der Waals surface area contributed by atoms with Crippen LogP contribution in [0, 0.1) is 23.2 Å². The van der Waals surface area contributed by atoms with Gasteiger partial charge in [-0.3, -0.25) is 4.79 Å². The highest BCUT2D eigenvalue weighted by Gasteiger charge is 2.55. The van der Waals surface area contributed by atoms with E-state index in [0.29, 0.717) is 5.78 Å². The number of ketones is 1. The topological polar surface area (TPSA) is 42.9 Å². The molecule has 1 heterocycles. The summed E-state index contributed by atoms with van der Waals surface area (Å²) in [6.45, 7) is 4.21. The monoisotopic (exact) mass is 368 g/mol. The molecule has 1 unspecified atom stereocenters. The highest BCUT2D eigenvalue weighted by atomic mass is 32.2. The van der Waals surface area contributed by atoms with Gasteiger partial charge in [-0.05, 0) is 69.0 Å². The number of aromatic nitrogens is 2. The fourth-order valence-electron chi connectivity index (χ4n) is 5.47. The van der Waals surface area contributed by atoms with E-state index in [4.69, 9.17) is 0 Å². The van der Waals surface area contributed by atoms with Crippen molar-refractivity contribution >= 4 is 40.6 Å². The Bertz CT molecular complexity index is 565. The fraction of sp³-hybridized carbons (Fsp3) is 0.824. The second-order valence-corrected chi connectivity index (χ2v) is 11.7. The average molecular weight is 369 g/mol. The predicted octanol–water partition coefficient (Wildman–Crippen LogP) is 4.92. The molecule has 4 saturated carbocycles. The van der Waals surface area contributed by atoms with Crippen LogP contribution in [0.15, 0.2) is 8.68 Å². The third-order valence-corrected chi connectivity index (χ3v) is 8.99. The molecule has 0 N–H and O–H groups in total. The number of carbonyl (C=O) groups is 1. The summed E-state index contributed by atoms with van der Waals surface area (Å²) >= 11 is 4.99. The van der Waals surface area contributed by atoms with Gasteiger partial charge in [0.2, 0.25) is 0 Å². The largest absolute Gasteiger partial charge is 0.298 e. The van der Waals surface area contributed by atoms with E-state index >= 15 is 0 Å². The van der Waals surface area contributed by atoms with Gasteiger partial charge in [0.05, 0.1) is 5.25 Å². The molecule has 0 saturated heterocycles. The van der Waals surface area contributed by atoms with E-state index in [9.17, 15) is 4.79 Å². The molecule has 0 radical (unpaired) electrons. The van der Waals surface area contributed by atoms with Gasteiger partial charge in [0.15, 0.2) is 14.5 Å². The van der Waals surface area contributed by atoms with E-state index in [1.54, 1.807) is 34.9 Å². The molecule has 0 spiro atoms. The van der Waals surface area contributed by atoms with Crippen molar-refractivity contribution < 1.29 is 4.79 Å². The van der Waals surface area contributed by atoms with Gasteiger partial charge in [-0.1, -0.05) is 41.8 Å². The number of hydrogen-bond donors (Lipinski definition) is 0. The van der Waals surface area contributed by atoms with Crippen molar-refractivity contribution in [2.45, 2.75) is 66.3 Å². The van der Waals surface area contributed by atoms with Crippen LogP contribution in [0.3, 0.4) is 0 Å². The molecule has 0 aliphatic heterocycles. The summed E-state index contributed by atoms with van der Waals surface area (Å²) in [4.78, 5) is 13.3. The first-order chi connectivity index (χ1) is 11.1. The smallest absolute Gasteiger partial charge is 0.175 e. The van der Waals surface area contributed by atoms with Crippen LogP contribution in [0.2, 0.25) is 0 Å². The maximum Gasteiger partial charge on any atom is 0.175 e. The lowest BCUT2D eigenvalue weighted by Gasteiger charge is -2.56. The van der Waals surface area contributed by atoms with Gasteiger partial charge in [-0.2, -0.15) is 0 Å². The number of thioether (sulfide) groups is 2. The van der Waals surface area contributed by atoms with Crippen molar-refractivity contribution in [2.24, 2.45) is 23.2 Å². The van der Waals surface area contributed by atoms with Crippen LogP contribution in [0.4, 0.5) is 0 Å². The van der Waals surface area contributed by atoms with E-state index in [1.165, 1.54) is 19.3 Å². The van der Waals surface area contributed by atoms with E-state index in [1.807, 2.05) is 0 Å². The van der Waals surface area contributed by atoms with E-state index < -0.39 is 0 Å². The predicted molar refractivity (Wildman–Crippen MR) is 97.2 cm³/mol. The average Bonchev–Trinajstić information content (AvgIpc) is 2.92. The number of hydrogen-bond acceptors (Lipinski definition) is 6. The second kappa shape index (κ2) is 6.34. The maximum atomic E-state index is 13.3. The van der Waals surface area contributed by atoms with Crippen LogP contribution < -0.4 is 0 Å². The lowest BCUT2D eigenvalue weighted by molar-refractivity contribution is -0.142. The highest BCUT2D eigenvalue weighted by molar-refractivity contribution is 8.03. The van der Waals surface area contributed by atoms with Gasteiger partial charge < -0.3 is 0 Å². The highest BCUT2D eigenvalue weighted by Crippen LogP contribution is 2.61. The third-order valence-electron chi connectivity index (χ3n) is 5.86. The van der Waals surface area contributed by atoms with Crippen LogP contribution >= 0.6 is 34.9 Å². The lowest BCUT2D eigenvalue weighted by atomic mass is 9.48. The molecule has 1 atom stereocenters. The summed E-state index contributed by atoms with van der Waals surface area (Å²) in [5, 5.41) is 8.48. The Morgan fingerprint density at radius 1 is 1.17 bits per heavy atom. The summed E-state index contributed by atoms with van der Waals surface area (Å²) in [5.74, 6) is 4.01. The fourth-order valence-corrected chi connectivity index (χ4v) is 8.73. The zero-order valence-corrected chi connectivity index (χ0v) is 16.2. The number of Topliss-reactive ketones (excluding diaryl/α,β-unsaturated/α-hetero) is 1. The van der Waals surface area contributed by atoms with Crippen LogP contribution in [-0.4, -0.2) is 27.0 Å². The maximum absolute atomic E-state index is 13.3. The Labute approximate surface area is 150 Å². The summed E-state index contributed by atoms with van der Waals surface area (Å²) < 4.78 is 1.97. The minimum absolute atomic E-state index is 0.00680. The summed E-state index contributed by atoms with van der Waals surface area (Å²) in [5.41, 5.74) is 0.00680. The molecular weight excluding hydrogens is 344 g/mol. The quantitative estimate of drug-likeness (QED) is 0.667. The molecular formula is C17H24N2OS3. The van der Waals surface area contributed by atoms with Crippen molar-refractivity contribution in [1.82, 2.24) is 10.2 Å². The first-order valence-electron chi connectivity index (χ1n) is 8.75. The molecule has 4 bridgehead atoms. The normalized spacial score (nSPS) is 36.3. The van der Waals surface area contributed by atoms with Crippen LogP contribution in [0.1, 0.15) is 52.4 Å². The van der Waals surface area contributed by atoms with Gasteiger partial charge in [-0.25, -0.2) is 0 Å². The van der Waals surface area contributed by atoms with Crippen molar-refractivity contribution in [1.29, 1.82) is 0 Å². The molecule has 6 heteroatoms. The van der Waals surface area contributed by atoms with Gasteiger partial charge in [0.1, 0.15) is 0 Å². The van der Waals surface area contributed by atoms with Gasteiger partial charge >= 0.3 is 0 Å². The van der Waals surface area contributed by atoms with Gasteiger partial charge in [0, 0.05) is 5.41 Å². The first kappa shape index (κ1) is 16.4. The van der Waals surface area contributed by atoms with E-state index in [2.05, 4.69) is 24.0 Å². The number of carbonyl (C=O) groups excluding carboxylic acids is 1. The Hall–Kier alpha value is -0.0700. The summed E-state index contributed by atoms with van der Waals surface area (Å²) in [6.07, 6.45) is 7.66. The molecule has 4 aliphatic carbocycles. The molecule has 3 nitrogen and oxygen atoms in total. The standard InChI is InChI=1S/C17H24N2OS3/c1-3-21-15-18-19-16(23-15)22-10(2)14(20)17-7-11-4-12(8-17)6-13(5-11)9-17/h10-13H,3-9H2,1-2H3. The molecule has 0 amide bonds. The molecule has 4 fully saturated rings. The van der Waals surface area contributed by atoms with Crippen molar-refractivity contribution in [3.8, 4) is 0 Å². The van der Waals surface area contributed by atoms with Crippen LogP contribution in [-0.2, 0) is 4.79 Å². The molecule has 126 valence electrons. The molecule has 1 aromatic heterocycles. The third kappa shape index (κ3) is 3.11. The van der Waals surface area contributed by atoms with Crippen LogP contribution in [0.5, 0.6) is 0 Å². The van der Waals surface area contributed by atoms with Crippen molar-refractivity contribution in [2.75, 3.05) is 5.75 Å². The summed E-state index contributed by atoms with van der Waals surface area (Å²) in [6, 6.07) is 0. The van der Waals surface area contributed by atoms with Crippen LogP contribution in [0.25, 0.3) is 0 Å². The Balaban J connectivity index is 1.45. The zero-order chi connectivity index (χ0) is 16.0. The Kier molecular flexibility index (Phi) is 4.52. The molecule has 5 rings (SSSR count). The van der Waals surface area contributed by atoms with E-state index in [0.717, 1.165) is 51.4 Å². The molecule has 4 aliphatic rings. The second-order valence-electron chi connectivity index (χ2n) is 7.59. The SMILES string of the molecule is CCSc1nnc(SC(C)C(=O)C23CC4CC(CC(C4)C2)C3)s1. The van der Waals surface area contributed by atoms with Gasteiger partial charge in [0.25, 0.3) is 0 Å². The minimum Gasteiger partial charge on any atom is -0.298 e. The van der Waals surface area contributed by atoms with Gasteiger partial charge in [-0.15, -0.1) is 10.2 Å². The Morgan fingerprint density at radius 3 is 2.30 bits per heavy atom. The zero-order valence-electron chi connectivity index (χ0n) is 13.8. The van der Waals surface area contributed by atoms with Crippen molar-refractivity contribution in [3.63, 3.8) is 0 Å². The Morgan fingerprint density at radius 2 is 1.74 bits per heavy atom. The molecule has 1 aromatic rings. The number of rotatable bonds is 6. The minimum atomic E-state index is 0.00680. The molecule has 0 aromatic carbocycles. The van der Waals surface area contributed by atoms with Crippen molar-refractivity contribution in [3.05, 3.63) is 0 Å². The van der Waals surface area contributed by atoms with E-state index in [-0.39, 0.29) is 10.7 Å². The number of nitrogens with zero attached hydrogens (tertiary/aromatic N) is 2. The first-order valence-corrected chi connectivity index (χ1v) is 11.4.